The summed E-state index contributed by atoms with van der Waals surface area (Å²) in [6, 6.07) is 5.58. The summed E-state index contributed by atoms with van der Waals surface area (Å²) in [5.41, 5.74) is 1.74. The topological polar surface area (TPSA) is 78.5 Å². The molecule has 0 fully saturated rings. The van der Waals surface area contributed by atoms with E-state index in [4.69, 9.17) is 9.84 Å². The van der Waals surface area contributed by atoms with Crippen LogP contribution < -0.4 is 4.74 Å². The van der Waals surface area contributed by atoms with Crippen molar-refractivity contribution in [3.8, 4) is 5.75 Å². The molecule has 0 saturated carbocycles. The Labute approximate surface area is 117 Å². The van der Waals surface area contributed by atoms with Crippen molar-refractivity contribution in [3.63, 3.8) is 0 Å². The van der Waals surface area contributed by atoms with Crippen LogP contribution in [0.5, 0.6) is 5.75 Å². The highest BCUT2D eigenvalue weighted by Crippen LogP contribution is 2.25. The van der Waals surface area contributed by atoms with Gasteiger partial charge in [0.25, 0.3) is 0 Å². The Morgan fingerprint density at radius 2 is 2.30 bits per heavy atom. The second-order valence-electron chi connectivity index (χ2n) is 4.74. The van der Waals surface area contributed by atoms with Crippen LogP contribution in [0.1, 0.15) is 25.2 Å². The molecule has 2 rings (SSSR count). The summed E-state index contributed by atoms with van der Waals surface area (Å²) < 4.78 is 5.18. The fourth-order valence-electron chi connectivity index (χ4n) is 2.33. The molecule has 0 aliphatic heterocycles. The van der Waals surface area contributed by atoms with Crippen LogP contribution in [0.2, 0.25) is 0 Å². The van der Waals surface area contributed by atoms with Crippen LogP contribution in [-0.2, 0) is 4.79 Å². The number of fused-ring (bicyclic) bond motifs is 1. The largest absolute Gasteiger partial charge is 0.497 e. The van der Waals surface area contributed by atoms with Crippen LogP contribution in [-0.4, -0.2) is 46.6 Å². The van der Waals surface area contributed by atoms with Gasteiger partial charge in [-0.2, -0.15) is 0 Å². The van der Waals surface area contributed by atoms with Gasteiger partial charge in [-0.1, -0.05) is 6.92 Å². The summed E-state index contributed by atoms with van der Waals surface area (Å²) in [7, 11) is 3.41. The predicted molar refractivity (Wildman–Crippen MR) is 75.9 cm³/mol. The van der Waals surface area contributed by atoms with Gasteiger partial charge in [-0.15, -0.1) is 0 Å². The Kier molecular flexibility index (Phi) is 4.24. The zero-order valence-electron chi connectivity index (χ0n) is 11.9. The molecule has 0 bridgehead atoms. The molecule has 0 aliphatic carbocycles. The first-order valence-electron chi connectivity index (χ1n) is 6.50. The van der Waals surface area contributed by atoms with Crippen molar-refractivity contribution in [1.82, 2.24) is 14.9 Å². The number of hydrogen-bond acceptors (Lipinski definition) is 4. The van der Waals surface area contributed by atoms with Crippen LogP contribution >= 0.6 is 0 Å². The molecule has 2 aromatic rings. The standard InChI is InChI=1S/C14H19N3O3/c1-4-12(17(2)8-13(18)19)14-15-10-6-5-9(20-3)7-11(10)16-14/h5-7,12H,4,8H2,1-3H3,(H,15,16)(H,18,19). The molecule has 20 heavy (non-hydrogen) atoms. The smallest absolute Gasteiger partial charge is 0.317 e. The number of aromatic amines is 1. The Morgan fingerprint density at radius 1 is 1.55 bits per heavy atom. The minimum absolute atomic E-state index is 0.0150. The van der Waals surface area contributed by atoms with Crippen LogP contribution in [0.25, 0.3) is 11.0 Å². The van der Waals surface area contributed by atoms with Crippen LogP contribution in [0.3, 0.4) is 0 Å². The number of carboxylic acids is 1. The van der Waals surface area contributed by atoms with Crippen molar-refractivity contribution < 1.29 is 14.6 Å². The summed E-state index contributed by atoms with van der Waals surface area (Å²) in [5.74, 6) is 0.697. The fourth-order valence-corrected chi connectivity index (χ4v) is 2.33. The lowest BCUT2D eigenvalue weighted by Gasteiger charge is -2.23. The average molecular weight is 277 g/mol. The van der Waals surface area contributed by atoms with Gasteiger partial charge in [0.05, 0.1) is 30.7 Å². The Hall–Kier alpha value is -2.08. The number of H-pyrrole nitrogens is 1. The molecule has 2 N–H and O–H groups in total. The van der Waals surface area contributed by atoms with Gasteiger partial charge in [0, 0.05) is 6.07 Å². The lowest BCUT2D eigenvalue weighted by atomic mass is 10.2. The number of methoxy groups -OCH3 is 1. The van der Waals surface area contributed by atoms with Gasteiger partial charge in [0.1, 0.15) is 11.6 Å². The summed E-state index contributed by atoms with van der Waals surface area (Å²) >= 11 is 0. The van der Waals surface area contributed by atoms with Gasteiger partial charge >= 0.3 is 5.97 Å². The van der Waals surface area contributed by atoms with Gasteiger partial charge in [-0.25, -0.2) is 4.98 Å². The number of carbonyl (C=O) groups is 1. The molecule has 1 unspecified atom stereocenters. The van der Waals surface area contributed by atoms with Gasteiger partial charge in [-0.05, 0) is 25.6 Å². The van der Waals surface area contributed by atoms with E-state index in [9.17, 15) is 4.79 Å². The molecule has 1 atom stereocenters. The number of benzene rings is 1. The number of carboxylic acid groups (broad SMARTS) is 1. The first-order chi connectivity index (χ1) is 9.55. The molecule has 0 amide bonds. The van der Waals surface area contributed by atoms with E-state index < -0.39 is 5.97 Å². The number of nitrogens with one attached hydrogen (secondary N) is 1. The minimum Gasteiger partial charge on any atom is -0.497 e. The van der Waals surface area contributed by atoms with Crippen molar-refractivity contribution >= 4 is 17.0 Å². The van der Waals surface area contributed by atoms with Crippen LogP contribution in [0, 0.1) is 0 Å². The van der Waals surface area contributed by atoms with Crippen LogP contribution in [0.4, 0.5) is 0 Å². The molecular formula is C14H19N3O3. The summed E-state index contributed by atoms with van der Waals surface area (Å²) in [4.78, 5) is 20.4. The average Bonchev–Trinajstić information content (AvgIpc) is 2.80. The van der Waals surface area contributed by atoms with Crippen LogP contribution in [0.15, 0.2) is 18.2 Å². The molecule has 0 aliphatic rings. The van der Waals surface area contributed by atoms with Crippen molar-refractivity contribution in [1.29, 1.82) is 0 Å². The predicted octanol–water partition coefficient (Wildman–Crippen LogP) is 2.04. The Balaban J connectivity index is 2.32. The van der Waals surface area contributed by atoms with E-state index in [1.807, 2.05) is 25.1 Å². The molecule has 108 valence electrons. The summed E-state index contributed by atoms with van der Waals surface area (Å²) in [5, 5.41) is 8.89. The first kappa shape index (κ1) is 14.3. The normalized spacial score (nSPS) is 12.8. The highest BCUT2D eigenvalue weighted by Gasteiger charge is 2.20. The van der Waals surface area contributed by atoms with E-state index in [-0.39, 0.29) is 12.6 Å². The number of ether oxygens (including phenoxy) is 1. The highest BCUT2D eigenvalue weighted by atomic mass is 16.5. The SMILES string of the molecule is CCC(c1nc2ccc(OC)cc2[nH]1)N(C)CC(=O)O. The first-order valence-corrected chi connectivity index (χ1v) is 6.50. The number of hydrogen-bond donors (Lipinski definition) is 2. The van der Waals surface area contributed by atoms with E-state index in [0.717, 1.165) is 29.0 Å². The fraction of sp³-hybridized carbons (Fsp3) is 0.429. The van der Waals surface area contributed by atoms with Crippen molar-refractivity contribution in [2.45, 2.75) is 19.4 Å². The maximum absolute atomic E-state index is 10.8. The molecule has 0 radical (unpaired) electrons. The van der Waals surface area contributed by atoms with Crippen molar-refractivity contribution in [2.75, 3.05) is 20.7 Å². The maximum atomic E-state index is 10.8. The van der Waals surface area contributed by atoms with Crippen molar-refractivity contribution in [2.24, 2.45) is 0 Å². The number of imidazole rings is 1. The van der Waals surface area contributed by atoms with Gasteiger partial charge in [0.15, 0.2) is 0 Å². The Bertz CT molecular complexity index is 609. The number of aromatic nitrogens is 2. The number of aliphatic carboxylic acids is 1. The van der Waals surface area contributed by atoms with Crippen molar-refractivity contribution in [3.05, 3.63) is 24.0 Å². The summed E-state index contributed by atoms with van der Waals surface area (Å²) in [6.07, 6.45) is 0.779. The number of rotatable bonds is 6. The van der Waals surface area contributed by atoms with E-state index in [2.05, 4.69) is 9.97 Å². The number of nitrogens with zero attached hydrogens (tertiary/aromatic N) is 2. The monoisotopic (exact) mass is 277 g/mol. The molecule has 6 heteroatoms. The second kappa shape index (κ2) is 5.92. The van der Waals surface area contributed by atoms with Gasteiger partial charge in [0.2, 0.25) is 0 Å². The molecule has 1 aromatic heterocycles. The third-order valence-electron chi connectivity index (χ3n) is 3.33. The molecular weight excluding hydrogens is 258 g/mol. The zero-order valence-corrected chi connectivity index (χ0v) is 11.9. The quantitative estimate of drug-likeness (QED) is 0.844. The second-order valence-corrected chi connectivity index (χ2v) is 4.74. The zero-order chi connectivity index (χ0) is 14.7. The maximum Gasteiger partial charge on any atom is 0.317 e. The third-order valence-corrected chi connectivity index (χ3v) is 3.33. The van der Waals surface area contributed by atoms with E-state index in [1.54, 1.807) is 19.1 Å². The highest BCUT2D eigenvalue weighted by molar-refractivity contribution is 5.77. The number of likely N-dealkylation sites (N-methyl/N-ethyl adjacent to an activating group) is 1. The molecule has 1 aromatic carbocycles. The minimum atomic E-state index is -0.844. The Morgan fingerprint density at radius 3 is 2.90 bits per heavy atom. The van der Waals surface area contributed by atoms with E-state index in [1.165, 1.54) is 0 Å². The lowest BCUT2D eigenvalue weighted by molar-refractivity contribution is -0.138. The third kappa shape index (κ3) is 2.91. The van der Waals surface area contributed by atoms with Gasteiger partial charge in [-0.3, -0.25) is 9.69 Å². The molecule has 1 heterocycles. The van der Waals surface area contributed by atoms with Gasteiger partial charge < -0.3 is 14.8 Å². The summed E-state index contributed by atoms with van der Waals surface area (Å²) in [6.45, 7) is 2.00. The lowest BCUT2D eigenvalue weighted by Crippen LogP contribution is -2.30. The van der Waals surface area contributed by atoms with E-state index >= 15 is 0 Å². The van der Waals surface area contributed by atoms with E-state index in [0.29, 0.717) is 0 Å². The molecule has 0 spiro atoms. The molecule has 6 nitrogen and oxygen atoms in total. The molecule has 0 saturated heterocycles.